The highest BCUT2D eigenvalue weighted by Crippen LogP contribution is 2.21. The van der Waals surface area contributed by atoms with E-state index < -0.39 is 0 Å². The minimum Gasteiger partial charge on any atom is -0.313 e. The summed E-state index contributed by atoms with van der Waals surface area (Å²) in [4.78, 5) is 2.60. The Hall–Kier alpha value is -0.860. The molecule has 0 amide bonds. The first-order chi connectivity index (χ1) is 8.81. The van der Waals surface area contributed by atoms with Gasteiger partial charge in [-0.05, 0) is 36.6 Å². The summed E-state index contributed by atoms with van der Waals surface area (Å²) in [5, 5.41) is 3.39. The minimum absolute atomic E-state index is 0.926. The molecule has 0 aliphatic carbocycles. The van der Waals surface area contributed by atoms with Crippen LogP contribution >= 0.6 is 0 Å². The quantitative estimate of drug-likeness (QED) is 0.830. The van der Waals surface area contributed by atoms with Crippen LogP contribution < -0.4 is 5.32 Å². The summed E-state index contributed by atoms with van der Waals surface area (Å²) in [6.45, 7) is 10.2. The SMILES string of the molecule is CCNCc1cccc(CN2CCC(CC)C2)c1. The van der Waals surface area contributed by atoms with Crippen LogP contribution in [0.15, 0.2) is 24.3 Å². The number of hydrogen-bond donors (Lipinski definition) is 1. The summed E-state index contributed by atoms with van der Waals surface area (Å²) < 4.78 is 0. The first kappa shape index (κ1) is 13.6. The molecule has 1 heterocycles. The fourth-order valence-corrected chi connectivity index (χ4v) is 2.76. The van der Waals surface area contributed by atoms with E-state index in [2.05, 4.69) is 48.3 Å². The van der Waals surface area contributed by atoms with E-state index in [4.69, 9.17) is 0 Å². The maximum atomic E-state index is 3.39. The van der Waals surface area contributed by atoms with Gasteiger partial charge in [0.2, 0.25) is 0 Å². The molecule has 1 atom stereocenters. The van der Waals surface area contributed by atoms with Crippen LogP contribution in [0, 0.1) is 5.92 Å². The summed E-state index contributed by atoms with van der Waals surface area (Å²) in [5.41, 5.74) is 2.86. The zero-order valence-corrected chi connectivity index (χ0v) is 11.8. The highest BCUT2D eigenvalue weighted by Gasteiger charge is 2.20. The van der Waals surface area contributed by atoms with Gasteiger partial charge in [-0.3, -0.25) is 4.90 Å². The zero-order chi connectivity index (χ0) is 12.8. The monoisotopic (exact) mass is 246 g/mol. The second kappa shape index (κ2) is 6.91. The molecule has 1 aliphatic heterocycles. The van der Waals surface area contributed by atoms with E-state index >= 15 is 0 Å². The van der Waals surface area contributed by atoms with Gasteiger partial charge >= 0.3 is 0 Å². The molecular formula is C16H26N2. The second-order valence-corrected chi connectivity index (χ2v) is 5.40. The fraction of sp³-hybridized carbons (Fsp3) is 0.625. The van der Waals surface area contributed by atoms with Crippen LogP contribution in [-0.2, 0) is 13.1 Å². The zero-order valence-electron chi connectivity index (χ0n) is 11.8. The molecule has 0 radical (unpaired) electrons. The van der Waals surface area contributed by atoms with Crippen molar-refractivity contribution in [1.82, 2.24) is 10.2 Å². The Morgan fingerprint density at radius 1 is 1.28 bits per heavy atom. The summed E-state index contributed by atoms with van der Waals surface area (Å²) in [7, 11) is 0. The lowest BCUT2D eigenvalue weighted by atomic mass is 10.1. The first-order valence-electron chi connectivity index (χ1n) is 7.32. The molecular weight excluding hydrogens is 220 g/mol. The first-order valence-corrected chi connectivity index (χ1v) is 7.32. The molecule has 1 aromatic rings. The van der Waals surface area contributed by atoms with Crippen molar-refractivity contribution >= 4 is 0 Å². The molecule has 0 aromatic heterocycles. The Bertz CT molecular complexity index is 362. The van der Waals surface area contributed by atoms with Crippen LogP contribution in [0.25, 0.3) is 0 Å². The molecule has 100 valence electrons. The molecule has 2 heteroatoms. The normalized spacial score (nSPS) is 20.4. The van der Waals surface area contributed by atoms with Crippen molar-refractivity contribution in [2.24, 2.45) is 5.92 Å². The average molecular weight is 246 g/mol. The van der Waals surface area contributed by atoms with Crippen molar-refractivity contribution in [2.75, 3.05) is 19.6 Å². The van der Waals surface area contributed by atoms with Gasteiger partial charge in [-0.2, -0.15) is 0 Å². The lowest BCUT2D eigenvalue weighted by molar-refractivity contribution is 0.315. The van der Waals surface area contributed by atoms with Crippen LogP contribution in [0.5, 0.6) is 0 Å². The topological polar surface area (TPSA) is 15.3 Å². The standard InChI is InChI=1S/C16H26N2/c1-3-14-8-9-18(12-14)13-16-7-5-6-15(10-16)11-17-4-2/h5-7,10,14,17H,3-4,8-9,11-13H2,1-2H3. The maximum Gasteiger partial charge on any atom is 0.0233 e. The van der Waals surface area contributed by atoms with Gasteiger partial charge in [0.1, 0.15) is 0 Å². The van der Waals surface area contributed by atoms with E-state index in [1.807, 2.05) is 0 Å². The molecule has 0 saturated carbocycles. The molecule has 1 aromatic carbocycles. The van der Waals surface area contributed by atoms with Crippen LogP contribution in [0.1, 0.15) is 37.8 Å². The molecule has 1 N–H and O–H groups in total. The fourth-order valence-electron chi connectivity index (χ4n) is 2.76. The Labute approximate surface area is 111 Å². The van der Waals surface area contributed by atoms with Crippen LogP contribution in [-0.4, -0.2) is 24.5 Å². The van der Waals surface area contributed by atoms with Crippen LogP contribution in [0.4, 0.5) is 0 Å². The molecule has 1 unspecified atom stereocenters. The third-order valence-electron chi connectivity index (χ3n) is 3.92. The van der Waals surface area contributed by atoms with Gasteiger partial charge in [-0.15, -0.1) is 0 Å². The smallest absolute Gasteiger partial charge is 0.0233 e. The summed E-state index contributed by atoms with van der Waals surface area (Å²) in [5.74, 6) is 0.926. The third-order valence-corrected chi connectivity index (χ3v) is 3.92. The van der Waals surface area contributed by atoms with E-state index in [9.17, 15) is 0 Å². The number of rotatable bonds is 6. The Morgan fingerprint density at radius 2 is 2.11 bits per heavy atom. The molecule has 0 bridgehead atoms. The molecule has 2 nitrogen and oxygen atoms in total. The Kier molecular flexibility index (Phi) is 5.21. The van der Waals surface area contributed by atoms with Gasteiger partial charge in [0, 0.05) is 19.6 Å². The van der Waals surface area contributed by atoms with Crippen molar-refractivity contribution in [1.29, 1.82) is 0 Å². The summed E-state index contributed by atoms with van der Waals surface area (Å²) in [6, 6.07) is 9.01. The van der Waals surface area contributed by atoms with E-state index in [1.54, 1.807) is 0 Å². The lowest BCUT2D eigenvalue weighted by Gasteiger charge is -2.16. The second-order valence-electron chi connectivity index (χ2n) is 5.40. The van der Waals surface area contributed by atoms with Gasteiger partial charge in [-0.25, -0.2) is 0 Å². The van der Waals surface area contributed by atoms with Gasteiger partial charge < -0.3 is 5.32 Å². The molecule has 18 heavy (non-hydrogen) atoms. The molecule has 1 saturated heterocycles. The summed E-state index contributed by atoms with van der Waals surface area (Å²) >= 11 is 0. The highest BCUT2D eigenvalue weighted by atomic mass is 15.1. The Morgan fingerprint density at radius 3 is 2.83 bits per heavy atom. The number of nitrogens with one attached hydrogen (secondary N) is 1. The van der Waals surface area contributed by atoms with Crippen LogP contribution in [0.3, 0.4) is 0 Å². The molecule has 1 aliphatic rings. The number of hydrogen-bond acceptors (Lipinski definition) is 2. The van der Waals surface area contributed by atoms with Gasteiger partial charge in [0.25, 0.3) is 0 Å². The van der Waals surface area contributed by atoms with Crippen molar-refractivity contribution < 1.29 is 0 Å². The number of nitrogens with zero attached hydrogens (tertiary/aromatic N) is 1. The summed E-state index contributed by atoms with van der Waals surface area (Å²) in [6.07, 6.45) is 2.71. The minimum atomic E-state index is 0.926. The number of likely N-dealkylation sites (tertiary alicyclic amines) is 1. The van der Waals surface area contributed by atoms with Crippen molar-refractivity contribution in [3.63, 3.8) is 0 Å². The van der Waals surface area contributed by atoms with Crippen molar-refractivity contribution in [2.45, 2.75) is 39.8 Å². The van der Waals surface area contributed by atoms with E-state index in [-0.39, 0.29) is 0 Å². The highest BCUT2D eigenvalue weighted by molar-refractivity contribution is 5.23. The van der Waals surface area contributed by atoms with Gasteiger partial charge in [-0.1, -0.05) is 44.5 Å². The maximum absolute atomic E-state index is 3.39. The molecule has 2 rings (SSSR count). The Balaban J connectivity index is 1.89. The van der Waals surface area contributed by atoms with Crippen molar-refractivity contribution in [3.8, 4) is 0 Å². The predicted octanol–water partition coefficient (Wildman–Crippen LogP) is 3.03. The van der Waals surface area contributed by atoms with Crippen molar-refractivity contribution in [3.05, 3.63) is 35.4 Å². The van der Waals surface area contributed by atoms with E-state index in [0.29, 0.717) is 0 Å². The number of benzene rings is 1. The average Bonchev–Trinajstić information content (AvgIpc) is 2.84. The van der Waals surface area contributed by atoms with Crippen LogP contribution in [0.2, 0.25) is 0 Å². The van der Waals surface area contributed by atoms with E-state index in [1.165, 1.54) is 37.1 Å². The van der Waals surface area contributed by atoms with Gasteiger partial charge in [0.15, 0.2) is 0 Å². The predicted molar refractivity (Wildman–Crippen MR) is 77.5 cm³/mol. The van der Waals surface area contributed by atoms with E-state index in [0.717, 1.165) is 25.6 Å². The largest absolute Gasteiger partial charge is 0.313 e. The molecule has 1 fully saturated rings. The van der Waals surface area contributed by atoms with Gasteiger partial charge in [0.05, 0.1) is 0 Å². The molecule has 0 spiro atoms. The third kappa shape index (κ3) is 3.82. The lowest BCUT2D eigenvalue weighted by Crippen LogP contribution is -2.20.